The molecule has 6 heteroatoms. The van der Waals surface area contributed by atoms with Crippen molar-refractivity contribution >= 4 is 97.9 Å². The van der Waals surface area contributed by atoms with E-state index < -0.39 is 0 Å². The van der Waals surface area contributed by atoms with E-state index in [1.54, 1.807) is 0 Å². The Hall–Kier alpha value is -10.2. The van der Waals surface area contributed by atoms with Crippen LogP contribution < -0.4 is 0 Å². The first-order valence-corrected chi connectivity index (χ1v) is 25.4. The minimum atomic E-state index is 0.563. The van der Waals surface area contributed by atoms with Crippen molar-refractivity contribution in [3.8, 4) is 56.7 Å². The molecule has 0 aliphatic rings. The largest absolute Gasteiger partial charge is 0.456 e. The number of furan rings is 1. The van der Waals surface area contributed by atoms with Crippen molar-refractivity contribution in [2.75, 3.05) is 0 Å². The van der Waals surface area contributed by atoms with Crippen LogP contribution in [0.25, 0.3) is 155 Å². The van der Waals surface area contributed by atoms with E-state index >= 15 is 0 Å². The number of hydrogen-bond acceptors (Lipinski definition) is 4. The Morgan fingerprint density at radius 1 is 0.267 bits per heavy atom. The van der Waals surface area contributed by atoms with Gasteiger partial charge in [0.2, 0.25) is 0 Å². The average Bonchev–Trinajstić information content (AvgIpc) is 4.19. The fourth-order valence-electron chi connectivity index (χ4n) is 11.8. The third kappa shape index (κ3) is 6.50. The molecule has 0 amide bonds. The maximum Gasteiger partial charge on any atom is 0.164 e. The molecule has 0 bridgehead atoms. The summed E-state index contributed by atoms with van der Waals surface area (Å²) in [6.07, 6.45) is 0. The van der Waals surface area contributed by atoms with Crippen molar-refractivity contribution in [1.29, 1.82) is 0 Å². The number of fused-ring (bicyclic) bond motifs is 13. The van der Waals surface area contributed by atoms with Gasteiger partial charge in [-0.3, -0.25) is 0 Å². The molecule has 16 rings (SSSR count). The second kappa shape index (κ2) is 16.2. The number of nitrogens with zero attached hydrogens (tertiary/aromatic N) is 5. The maximum absolute atomic E-state index is 6.83. The molecule has 12 aromatic carbocycles. The zero-order valence-corrected chi connectivity index (χ0v) is 40.3. The Morgan fingerprint density at radius 2 is 0.800 bits per heavy atom. The molecule has 0 N–H and O–H groups in total. The molecule has 0 saturated heterocycles. The first-order chi connectivity index (χ1) is 37.1. The Labute approximate surface area is 429 Å². The zero-order chi connectivity index (χ0) is 49.1. The van der Waals surface area contributed by atoms with Crippen LogP contribution in [0.15, 0.2) is 253 Å². The average molecular weight is 956 g/mol. The molecule has 0 aliphatic heterocycles. The topological polar surface area (TPSA) is 61.7 Å². The number of para-hydroxylation sites is 2. The lowest BCUT2D eigenvalue weighted by Crippen LogP contribution is -2.01. The van der Waals surface area contributed by atoms with Gasteiger partial charge < -0.3 is 13.6 Å². The van der Waals surface area contributed by atoms with Crippen LogP contribution in [-0.2, 0) is 0 Å². The second-order valence-corrected chi connectivity index (χ2v) is 19.6. The molecule has 4 heterocycles. The number of hydrogen-bond donors (Lipinski definition) is 0. The Morgan fingerprint density at radius 3 is 1.53 bits per heavy atom. The van der Waals surface area contributed by atoms with Gasteiger partial charge in [-0.05, 0) is 116 Å². The second-order valence-electron chi connectivity index (χ2n) is 19.6. The third-order valence-electron chi connectivity index (χ3n) is 15.3. The molecular formula is C69H41N5O. The van der Waals surface area contributed by atoms with Crippen LogP contribution >= 0.6 is 0 Å². The molecule has 0 fully saturated rings. The molecule has 0 unspecified atom stereocenters. The number of rotatable bonds is 6. The van der Waals surface area contributed by atoms with Gasteiger partial charge >= 0.3 is 0 Å². The van der Waals surface area contributed by atoms with Crippen LogP contribution in [0.4, 0.5) is 0 Å². The summed E-state index contributed by atoms with van der Waals surface area (Å²) in [5.74, 6) is 1.73. The maximum atomic E-state index is 6.83. The monoisotopic (exact) mass is 955 g/mol. The van der Waals surface area contributed by atoms with Gasteiger partial charge in [-0.25, -0.2) is 15.0 Å². The molecular weight excluding hydrogens is 915 g/mol. The summed E-state index contributed by atoms with van der Waals surface area (Å²) in [4.78, 5) is 16.1. The van der Waals surface area contributed by atoms with Gasteiger partial charge in [0.05, 0.1) is 22.1 Å². The van der Waals surface area contributed by atoms with Crippen molar-refractivity contribution in [2.45, 2.75) is 0 Å². The van der Waals surface area contributed by atoms with Crippen molar-refractivity contribution in [3.63, 3.8) is 0 Å². The fraction of sp³-hybridized carbons (Fsp3) is 0. The van der Waals surface area contributed by atoms with Gasteiger partial charge in [-0.2, -0.15) is 0 Å². The van der Waals surface area contributed by atoms with Crippen LogP contribution in [0.5, 0.6) is 0 Å². The quantitative estimate of drug-likeness (QED) is 0.167. The molecule has 0 aliphatic carbocycles. The van der Waals surface area contributed by atoms with Gasteiger partial charge in [-0.1, -0.05) is 176 Å². The van der Waals surface area contributed by atoms with Crippen LogP contribution in [0.3, 0.4) is 0 Å². The molecule has 0 saturated carbocycles. The molecule has 75 heavy (non-hydrogen) atoms. The van der Waals surface area contributed by atoms with E-state index in [2.05, 4.69) is 246 Å². The lowest BCUT2D eigenvalue weighted by molar-refractivity contribution is 0.669. The molecule has 0 atom stereocenters. The highest BCUT2D eigenvalue weighted by Gasteiger charge is 2.22. The lowest BCUT2D eigenvalue weighted by Gasteiger charge is -2.12. The van der Waals surface area contributed by atoms with E-state index in [0.717, 1.165) is 99.4 Å². The van der Waals surface area contributed by atoms with Crippen LogP contribution in [0, 0.1) is 0 Å². The minimum absolute atomic E-state index is 0.563. The standard InChI is InChI=1S/C69H41N5O/c1-3-14-42(15-4-1)43-26-28-45(29-27-43)67-70-68(50-31-34-54-53-22-11-12-24-59(53)73(60(54)40-50)51-20-5-2-6-21-51)72-69(71-67)55-23-13-25-63-65(55)66-56-41-52(33-30-44(56)32-35-64(66)75-63)74-61-38-48-18-9-7-16-46(48)36-57(61)58-37-47-17-8-10-19-49(47)39-62(58)74/h1-41H. The predicted molar refractivity (Wildman–Crippen MR) is 310 cm³/mol. The van der Waals surface area contributed by atoms with Gasteiger partial charge in [0.1, 0.15) is 11.2 Å². The molecule has 16 aromatic rings. The van der Waals surface area contributed by atoms with E-state index in [1.165, 1.54) is 37.7 Å². The van der Waals surface area contributed by atoms with E-state index in [1.807, 2.05) is 12.1 Å². The smallest absolute Gasteiger partial charge is 0.164 e. The van der Waals surface area contributed by atoms with Crippen molar-refractivity contribution in [3.05, 3.63) is 249 Å². The predicted octanol–water partition coefficient (Wildman–Crippen LogP) is 18.1. The summed E-state index contributed by atoms with van der Waals surface area (Å²) < 4.78 is 11.6. The van der Waals surface area contributed by atoms with Crippen molar-refractivity contribution in [1.82, 2.24) is 24.1 Å². The van der Waals surface area contributed by atoms with Crippen molar-refractivity contribution < 1.29 is 4.42 Å². The number of benzene rings is 12. The van der Waals surface area contributed by atoms with Crippen LogP contribution in [-0.4, -0.2) is 24.1 Å². The normalized spacial score (nSPS) is 12.0. The van der Waals surface area contributed by atoms with Gasteiger partial charge in [-0.15, -0.1) is 0 Å². The number of aromatic nitrogens is 5. The highest BCUT2D eigenvalue weighted by Crippen LogP contribution is 2.43. The first kappa shape index (κ1) is 41.4. The highest BCUT2D eigenvalue weighted by atomic mass is 16.3. The summed E-state index contributed by atoms with van der Waals surface area (Å²) in [6, 6.07) is 88.7. The summed E-state index contributed by atoms with van der Waals surface area (Å²) in [6.45, 7) is 0. The van der Waals surface area contributed by atoms with Crippen LogP contribution in [0.2, 0.25) is 0 Å². The summed E-state index contributed by atoms with van der Waals surface area (Å²) in [7, 11) is 0. The lowest BCUT2D eigenvalue weighted by atomic mass is 9.99. The molecule has 348 valence electrons. The molecule has 6 nitrogen and oxygen atoms in total. The van der Waals surface area contributed by atoms with E-state index in [4.69, 9.17) is 19.4 Å². The summed E-state index contributed by atoms with van der Waals surface area (Å²) >= 11 is 0. The molecule has 0 spiro atoms. The Bertz CT molecular complexity index is 4900. The van der Waals surface area contributed by atoms with E-state index in [9.17, 15) is 0 Å². The van der Waals surface area contributed by atoms with Crippen LogP contribution in [0.1, 0.15) is 0 Å². The zero-order valence-electron chi connectivity index (χ0n) is 40.3. The summed E-state index contributed by atoms with van der Waals surface area (Å²) in [5.41, 5.74) is 13.2. The molecule has 4 aromatic heterocycles. The fourth-order valence-corrected chi connectivity index (χ4v) is 11.8. The highest BCUT2D eigenvalue weighted by molar-refractivity contribution is 6.23. The van der Waals surface area contributed by atoms with Gasteiger partial charge in [0.25, 0.3) is 0 Å². The van der Waals surface area contributed by atoms with E-state index in [-0.39, 0.29) is 0 Å². The first-order valence-electron chi connectivity index (χ1n) is 25.4. The van der Waals surface area contributed by atoms with Gasteiger partial charge in [0, 0.05) is 60.4 Å². The van der Waals surface area contributed by atoms with Gasteiger partial charge in [0.15, 0.2) is 17.5 Å². The Kier molecular flexibility index (Phi) is 8.94. The third-order valence-corrected chi connectivity index (χ3v) is 15.3. The minimum Gasteiger partial charge on any atom is -0.456 e. The Balaban J connectivity index is 0.932. The van der Waals surface area contributed by atoms with Crippen molar-refractivity contribution in [2.24, 2.45) is 0 Å². The molecule has 0 radical (unpaired) electrons. The van der Waals surface area contributed by atoms with E-state index in [0.29, 0.717) is 17.5 Å². The SMILES string of the molecule is c1ccc(-c2ccc(-c3nc(-c4ccc5c6ccccc6n(-c6ccccc6)c5c4)nc(-c4cccc5oc6ccc7ccc(-n8c9cc%10ccccc%10cc9c9cc%10ccccc%10cc98)cc7c6c45)n3)cc2)cc1. The summed E-state index contributed by atoms with van der Waals surface area (Å²) in [5, 5.41) is 13.8.